The van der Waals surface area contributed by atoms with E-state index in [1.807, 2.05) is 19.9 Å². The van der Waals surface area contributed by atoms with E-state index >= 15 is 0 Å². The molecule has 0 aliphatic rings. The maximum atomic E-state index is 8.78. The number of aliphatic hydroxyl groups is 1. The van der Waals surface area contributed by atoms with Crippen molar-refractivity contribution in [2.24, 2.45) is 0 Å². The molecule has 0 aromatic carbocycles. The van der Waals surface area contributed by atoms with E-state index in [0.717, 1.165) is 36.8 Å². The van der Waals surface area contributed by atoms with Gasteiger partial charge in [-0.25, -0.2) is 9.97 Å². The molecule has 1 heterocycles. The lowest BCUT2D eigenvalue weighted by atomic mass is 10.2. The number of aryl methyl sites for hydroxylation is 1. The summed E-state index contributed by atoms with van der Waals surface area (Å²) in [7, 11) is 0. The van der Waals surface area contributed by atoms with Crippen LogP contribution < -0.4 is 10.6 Å². The lowest BCUT2D eigenvalue weighted by Gasteiger charge is -2.15. The molecule has 96 valence electrons. The molecule has 0 fully saturated rings. The zero-order chi connectivity index (χ0) is 12.7. The van der Waals surface area contributed by atoms with Crippen LogP contribution in [0.15, 0.2) is 6.07 Å². The molecule has 0 saturated carbocycles. The van der Waals surface area contributed by atoms with Crippen LogP contribution in [-0.2, 0) is 0 Å². The minimum atomic E-state index is 0.234. The Kier molecular flexibility index (Phi) is 5.69. The van der Waals surface area contributed by atoms with Crippen LogP contribution in [0.1, 0.15) is 32.5 Å². The highest BCUT2D eigenvalue weighted by atomic mass is 16.2. The van der Waals surface area contributed by atoms with Gasteiger partial charge in [0.15, 0.2) is 0 Å². The summed E-state index contributed by atoms with van der Waals surface area (Å²) < 4.78 is 0. The van der Waals surface area contributed by atoms with Crippen molar-refractivity contribution in [1.29, 1.82) is 0 Å². The Morgan fingerprint density at radius 2 is 2.06 bits per heavy atom. The monoisotopic (exact) mass is 238 g/mol. The predicted molar refractivity (Wildman–Crippen MR) is 70.3 cm³/mol. The fourth-order valence-electron chi connectivity index (χ4n) is 1.64. The Morgan fingerprint density at radius 1 is 1.35 bits per heavy atom. The molecule has 5 nitrogen and oxygen atoms in total. The van der Waals surface area contributed by atoms with Gasteiger partial charge in [-0.2, -0.15) is 0 Å². The Labute approximate surface area is 103 Å². The minimum Gasteiger partial charge on any atom is -0.396 e. The zero-order valence-corrected chi connectivity index (χ0v) is 10.8. The first-order chi connectivity index (χ1) is 8.15. The molecule has 5 heteroatoms. The third-order valence-electron chi connectivity index (χ3n) is 2.39. The Morgan fingerprint density at radius 3 is 2.71 bits per heavy atom. The molecule has 0 aliphatic heterocycles. The van der Waals surface area contributed by atoms with Crippen LogP contribution in [0.2, 0.25) is 0 Å². The van der Waals surface area contributed by atoms with Gasteiger partial charge >= 0.3 is 0 Å². The van der Waals surface area contributed by atoms with Gasteiger partial charge in [0.2, 0.25) is 0 Å². The molecule has 0 radical (unpaired) electrons. The second-order valence-electron chi connectivity index (χ2n) is 4.13. The number of nitrogens with zero attached hydrogens (tertiary/aromatic N) is 2. The first-order valence-electron chi connectivity index (χ1n) is 6.12. The fraction of sp³-hybridized carbons (Fsp3) is 0.667. The van der Waals surface area contributed by atoms with E-state index in [1.165, 1.54) is 0 Å². The highest BCUT2D eigenvalue weighted by Crippen LogP contribution is 2.13. The van der Waals surface area contributed by atoms with Crippen molar-refractivity contribution in [3.63, 3.8) is 0 Å². The molecule has 0 spiro atoms. The second-order valence-corrected chi connectivity index (χ2v) is 4.13. The van der Waals surface area contributed by atoms with Crippen molar-refractivity contribution in [1.82, 2.24) is 9.97 Å². The maximum absolute atomic E-state index is 8.78. The molecule has 0 aliphatic carbocycles. The number of rotatable bonds is 7. The Bertz CT molecular complexity index is 343. The van der Waals surface area contributed by atoms with Crippen molar-refractivity contribution in [3.8, 4) is 0 Å². The van der Waals surface area contributed by atoms with Gasteiger partial charge < -0.3 is 15.7 Å². The van der Waals surface area contributed by atoms with Crippen LogP contribution in [-0.4, -0.2) is 34.3 Å². The topological polar surface area (TPSA) is 70.1 Å². The van der Waals surface area contributed by atoms with Gasteiger partial charge in [0.1, 0.15) is 17.5 Å². The fourth-order valence-corrected chi connectivity index (χ4v) is 1.64. The number of aromatic nitrogens is 2. The average molecular weight is 238 g/mol. The summed E-state index contributed by atoms with van der Waals surface area (Å²) in [4.78, 5) is 8.63. The quantitative estimate of drug-likeness (QED) is 0.675. The largest absolute Gasteiger partial charge is 0.396 e. The van der Waals surface area contributed by atoms with Crippen LogP contribution in [0.4, 0.5) is 11.6 Å². The predicted octanol–water partition coefficient (Wildman–Crippen LogP) is 1.79. The average Bonchev–Trinajstić information content (AvgIpc) is 2.26. The van der Waals surface area contributed by atoms with Crippen molar-refractivity contribution >= 4 is 11.6 Å². The maximum Gasteiger partial charge on any atom is 0.132 e. The molecule has 3 N–H and O–H groups in total. The molecule has 17 heavy (non-hydrogen) atoms. The van der Waals surface area contributed by atoms with Crippen molar-refractivity contribution in [3.05, 3.63) is 11.9 Å². The molecule has 1 rings (SSSR count). The molecule has 1 aromatic heterocycles. The number of hydrogen-bond donors (Lipinski definition) is 3. The summed E-state index contributed by atoms with van der Waals surface area (Å²) in [5.41, 5.74) is 0. The number of hydrogen-bond acceptors (Lipinski definition) is 5. The molecule has 0 bridgehead atoms. The number of aliphatic hydroxyl groups excluding tert-OH is 1. The lowest BCUT2D eigenvalue weighted by Crippen LogP contribution is -2.17. The SMILES string of the molecule is CCNc1cc(NC(C)CCCO)nc(C)n1. The van der Waals surface area contributed by atoms with Gasteiger partial charge in [-0.1, -0.05) is 0 Å². The minimum absolute atomic E-state index is 0.234. The van der Waals surface area contributed by atoms with E-state index in [2.05, 4.69) is 27.5 Å². The summed E-state index contributed by atoms with van der Waals surface area (Å²) in [6, 6.07) is 2.21. The smallest absolute Gasteiger partial charge is 0.132 e. The summed E-state index contributed by atoms with van der Waals surface area (Å²) in [6.45, 7) is 7.08. The third-order valence-corrected chi connectivity index (χ3v) is 2.39. The first-order valence-corrected chi connectivity index (χ1v) is 6.12. The van der Waals surface area contributed by atoms with Gasteiger partial charge in [0.05, 0.1) is 0 Å². The molecule has 1 aromatic rings. The van der Waals surface area contributed by atoms with E-state index in [4.69, 9.17) is 5.11 Å². The van der Waals surface area contributed by atoms with Gasteiger partial charge in [0, 0.05) is 25.3 Å². The first kappa shape index (κ1) is 13.7. The van der Waals surface area contributed by atoms with Crippen molar-refractivity contribution in [2.45, 2.75) is 39.7 Å². The van der Waals surface area contributed by atoms with E-state index < -0.39 is 0 Å². The number of nitrogens with one attached hydrogen (secondary N) is 2. The van der Waals surface area contributed by atoms with Gasteiger partial charge in [-0.05, 0) is 33.6 Å². The van der Waals surface area contributed by atoms with Crippen LogP contribution in [0.5, 0.6) is 0 Å². The van der Waals surface area contributed by atoms with Crippen LogP contribution in [0.25, 0.3) is 0 Å². The second kappa shape index (κ2) is 7.06. The molecule has 0 amide bonds. The standard InChI is InChI=1S/C12H22N4O/c1-4-13-11-8-12(16-10(3)15-11)14-9(2)6-5-7-17/h8-9,17H,4-7H2,1-3H3,(H2,13,14,15,16). The summed E-state index contributed by atoms with van der Waals surface area (Å²) in [5, 5.41) is 15.3. The normalized spacial score (nSPS) is 12.2. The van der Waals surface area contributed by atoms with E-state index in [1.54, 1.807) is 0 Å². The molecule has 1 unspecified atom stereocenters. The van der Waals surface area contributed by atoms with Crippen molar-refractivity contribution in [2.75, 3.05) is 23.8 Å². The summed E-state index contributed by atoms with van der Waals surface area (Å²) in [6.07, 6.45) is 1.73. The molecular formula is C12H22N4O. The van der Waals surface area contributed by atoms with Gasteiger partial charge in [0.25, 0.3) is 0 Å². The molecular weight excluding hydrogens is 216 g/mol. The van der Waals surface area contributed by atoms with E-state index in [0.29, 0.717) is 6.04 Å². The lowest BCUT2D eigenvalue weighted by molar-refractivity contribution is 0.282. The highest BCUT2D eigenvalue weighted by molar-refractivity contribution is 5.47. The van der Waals surface area contributed by atoms with Crippen LogP contribution in [0.3, 0.4) is 0 Å². The van der Waals surface area contributed by atoms with Crippen molar-refractivity contribution < 1.29 is 5.11 Å². The van der Waals surface area contributed by atoms with E-state index in [9.17, 15) is 0 Å². The summed E-state index contributed by atoms with van der Waals surface area (Å²) >= 11 is 0. The number of anilines is 2. The Balaban J connectivity index is 2.63. The Hall–Kier alpha value is -1.36. The van der Waals surface area contributed by atoms with Gasteiger partial charge in [-0.15, -0.1) is 0 Å². The molecule has 0 saturated heterocycles. The highest BCUT2D eigenvalue weighted by Gasteiger charge is 2.05. The molecule has 1 atom stereocenters. The zero-order valence-electron chi connectivity index (χ0n) is 10.8. The third kappa shape index (κ3) is 4.99. The van der Waals surface area contributed by atoms with Crippen LogP contribution >= 0.6 is 0 Å². The van der Waals surface area contributed by atoms with Crippen LogP contribution in [0, 0.1) is 6.92 Å². The van der Waals surface area contributed by atoms with Gasteiger partial charge in [-0.3, -0.25) is 0 Å². The van der Waals surface area contributed by atoms with E-state index in [-0.39, 0.29) is 6.61 Å². The summed E-state index contributed by atoms with van der Waals surface area (Å²) in [5.74, 6) is 2.43.